The van der Waals surface area contributed by atoms with Crippen molar-refractivity contribution >= 4 is 17.0 Å². The first-order valence-electron chi connectivity index (χ1n) is 6.98. The van der Waals surface area contributed by atoms with Gasteiger partial charge in [0, 0.05) is 13.0 Å². The number of hydrogen-bond acceptors (Lipinski definition) is 3. The van der Waals surface area contributed by atoms with Crippen molar-refractivity contribution in [2.24, 2.45) is 0 Å². The quantitative estimate of drug-likeness (QED) is 0.912. The van der Waals surface area contributed by atoms with E-state index in [0.717, 1.165) is 11.1 Å². The van der Waals surface area contributed by atoms with Gasteiger partial charge in [0.05, 0.1) is 11.6 Å². The molecule has 2 aromatic rings. The van der Waals surface area contributed by atoms with E-state index >= 15 is 0 Å². The molecule has 5 nitrogen and oxygen atoms in total. The van der Waals surface area contributed by atoms with Crippen LogP contribution in [0.1, 0.15) is 44.2 Å². The van der Waals surface area contributed by atoms with Gasteiger partial charge in [-0.3, -0.25) is 9.36 Å². The molecule has 1 unspecified atom stereocenters. The average Bonchev–Trinajstić information content (AvgIpc) is 2.74. The van der Waals surface area contributed by atoms with Gasteiger partial charge < -0.3 is 9.73 Å². The lowest BCUT2D eigenvalue weighted by atomic mass is 10.0. The molecule has 0 aliphatic carbocycles. The second kappa shape index (κ2) is 4.81. The smallest absolute Gasteiger partial charge is 0.408 e. The van der Waals surface area contributed by atoms with Crippen LogP contribution < -0.4 is 11.1 Å². The topological polar surface area (TPSA) is 64.2 Å². The first-order valence-corrected chi connectivity index (χ1v) is 6.98. The maximum Gasteiger partial charge on any atom is 0.420 e. The summed E-state index contributed by atoms with van der Waals surface area (Å²) >= 11 is 0. The van der Waals surface area contributed by atoms with Crippen LogP contribution in [0.25, 0.3) is 11.1 Å². The molecule has 1 fully saturated rings. The van der Waals surface area contributed by atoms with E-state index < -0.39 is 0 Å². The van der Waals surface area contributed by atoms with Crippen LogP contribution in [-0.4, -0.2) is 17.0 Å². The molecular weight excluding hydrogens is 256 g/mol. The molecule has 1 atom stereocenters. The van der Waals surface area contributed by atoms with E-state index in [2.05, 4.69) is 19.2 Å². The molecule has 1 aromatic carbocycles. The Labute approximate surface area is 116 Å². The minimum Gasteiger partial charge on any atom is -0.408 e. The number of carbonyl (C=O) groups is 1. The number of benzene rings is 1. The maximum atomic E-state index is 12.1. The highest BCUT2D eigenvalue weighted by Gasteiger charge is 2.24. The molecule has 1 aliphatic rings. The Kier molecular flexibility index (Phi) is 3.12. The molecule has 1 amide bonds. The number of nitrogens with one attached hydrogen (secondary N) is 1. The van der Waals surface area contributed by atoms with Crippen molar-refractivity contribution in [3.63, 3.8) is 0 Å². The Bertz CT molecular complexity index is 701. The van der Waals surface area contributed by atoms with Gasteiger partial charge >= 0.3 is 5.76 Å². The fourth-order valence-corrected chi connectivity index (χ4v) is 2.70. The van der Waals surface area contributed by atoms with Crippen molar-refractivity contribution in [3.05, 3.63) is 34.3 Å². The number of piperidine rings is 1. The molecule has 0 saturated carbocycles. The van der Waals surface area contributed by atoms with Crippen LogP contribution in [-0.2, 0) is 4.79 Å². The van der Waals surface area contributed by atoms with Gasteiger partial charge in [-0.2, -0.15) is 0 Å². The van der Waals surface area contributed by atoms with Gasteiger partial charge in [0.1, 0.15) is 0 Å². The van der Waals surface area contributed by atoms with Crippen LogP contribution in [0.3, 0.4) is 0 Å². The van der Waals surface area contributed by atoms with Crippen LogP contribution in [0.4, 0.5) is 0 Å². The summed E-state index contributed by atoms with van der Waals surface area (Å²) < 4.78 is 7.03. The number of amides is 1. The predicted octanol–water partition coefficient (Wildman–Crippen LogP) is 2.17. The summed E-state index contributed by atoms with van der Waals surface area (Å²) in [5.74, 6) is 0.0910. The largest absolute Gasteiger partial charge is 0.420 e. The van der Waals surface area contributed by atoms with Crippen LogP contribution in [0.15, 0.2) is 27.4 Å². The van der Waals surface area contributed by atoms with E-state index in [9.17, 15) is 9.59 Å². The molecule has 1 aromatic heterocycles. The van der Waals surface area contributed by atoms with Crippen LogP contribution in [0.5, 0.6) is 0 Å². The zero-order valence-electron chi connectivity index (χ0n) is 11.7. The number of nitrogens with zero attached hydrogens (tertiary/aromatic N) is 1. The summed E-state index contributed by atoms with van der Waals surface area (Å²) in [6.07, 6.45) is 1.13. The predicted molar refractivity (Wildman–Crippen MR) is 75.8 cm³/mol. The van der Waals surface area contributed by atoms with E-state index in [1.54, 1.807) is 4.57 Å². The third-order valence-electron chi connectivity index (χ3n) is 3.91. The highest BCUT2D eigenvalue weighted by molar-refractivity contribution is 5.77. The van der Waals surface area contributed by atoms with Crippen molar-refractivity contribution in [2.45, 2.75) is 38.6 Å². The number of fused-ring (bicyclic) bond motifs is 1. The van der Waals surface area contributed by atoms with Crippen LogP contribution in [0.2, 0.25) is 0 Å². The van der Waals surface area contributed by atoms with E-state index in [0.29, 0.717) is 30.9 Å². The first kappa shape index (κ1) is 13.0. The Morgan fingerprint density at radius 2 is 2.15 bits per heavy atom. The zero-order valence-corrected chi connectivity index (χ0v) is 11.7. The second-order valence-corrected chi connectivity index (χ2v) is 5.62. The molecule has 0 radical (unpaired) electrons. The first-order chi connectivity index (χ1) is 9.56. The zero-order chi connectivity index (χ0) is 14.3. The van der Waals surface area contributed by atoms with Gasteiger partial charge in [0.15, 0.2) is 5.58 Å². The number of aromatic nitrogens is 1. The SMILES string of the molecule is CC(C)c1ccc2c(c1)oc(=O)n2C1CCC(=O)NC1. The molecule has 2 heterocycles. The van der Waals surface area contributed by atoms with Crippen molar-refractivity contribution in [2.75, 3.05) is 6.54 Å². The molecule has 20 heavy (non-hydrogen) atoms. The lowest BCUT2D eigenvalue weighted by Gasteiger charge is -2.23. The minimum atomic E-state index is -0.345. The number of rotatable bonds is 2. The van der Waals surface area contributed by atoms with Gasteiger partial charge in [-0.1, -0.05) is 19.9 Å². The standard InChI is InChI=1S/C15H18N2O3/c1-9(2)10-3-5-12-13(7-10)20-15(19)17(12)11-4-6-14(18)16-8-11/h3,5,7,9,11H,4,6,8H2,1-2H3,(H,16,18). The molecule has 1 saturated heterocycles. The molecule has 1 aliphatic heterocycles. The van der Waals surface area contributed by atoms with E-state index in [-0.39, 0.29) is 17.7 Å². The molecule has 3 rings (SSSR count). The second-order valence-electron chi connectivity index (χ2n) is 5.62. The van der Waals surface area contributed by atoms with Crippen LogP contribution >= 0.6 is 0 Å². The fraction of sp³-hybridized carbons (Fsp3) is 0.467. The summed E-state index contributed by atoms with van der Waals surface area (Å²) in [5.41, 5.74) is 2.58. The molecule has 1 N–H and O–H groups in total. The Hall–Kier alpha value is -2.04. The van der Waals surface area contributed by atoms with E-state index in [1.807, 2.05) is 18.2 Å². The third-order valence-corrected chi connectivity index (χ3v) is 3.91. The number of hydrogen-bond donors (Lipinski definition) is 1. The molecule has 106 valence electrons. The van der Waals surface area contributed by atoms with Crippen molar-refractivity contribution in [1.29, 1.82) is 0 Å². The molecule has 0 spiro atoms. The average molecular weight is 274 g/mol. The van der Waals surface area contributed by atoms with E-state index in [1.165, 1.54) is 0 Å². The highest BCUT2D eigenvalue weighted by atomic mass is 16.4. The van der Waals surface area contributed by atoms with Gasteiger partial charge in [0.25, 0.3) is 0 Å². The summed E-state index contributed by atoms with van der Waals surface area (Å²) in [7, 11) is 0. The summed E-state index contributed by atoms with van der Waals surface area (Å²) in [6, 6.07) is 5.87. The number of oxazole rings is 1. The van der Waals surface area contributed by atoms with Crippen LogP contribution in [0, 0.1) is 0 Å². The van der Waals surface area contributed by atoms with Gasteiger partial charge in [-0.25, -0.2) is 4.79 Å². The number of carbonyl (C=O) groups excluding carboxylic acids is 1. The van der Waals surface area contributed by atoms with E-state index in [4.69, 9.17) is 4.42 Å². The Morgan fingerprint density at radius 1 is 1.35 bits per heavy atom. The van der Waals surface area contributed by atoms with Gasteiger partial charge in [0.2, 0.25) is 5.91 Å². The summed E-state index contributed by atoms with van der Waals surface area (Å²) in [6.45, 7) is 4.69. The van der Waals surface area contributed by atoms with Crippen molar-refractivity contribution in [1.82, 2.24) is 9.88 Å². The monoisotopic (exact) mass is 274 g/mol. The van der Waals surface area contributed by atoms with Crippen molar-refractivity contribution in [3.8, 4) is 0 Å². The Balaban J connectivity index is 2.05. The van der Waals surface area contributed by atoms with Gasteiger partial charge in [-0.05, 0) is 30.0 Å². The van der Waals surface area contributed by atoms with Gasteiger partial charge in [-0.15, -0.1) is 0 Å². The third kappa shape index (κ3) is 2.13. The maximum absolute atomic E-state index is 12.1. The normalized spacial score (nSPS) is 19.6. The highest BCUT2D eigenvalue weighted by Crippen LogP contribution is 2.25. The summed E-state index contributed by atoms with van der Waals surface area (Å²) in [4.78, 5) is 23.3. The van der Waals surface area contributed by atoms with Crippen molar-refractivity contribution < 1.29 is 9.21 Å². The molecule has 5 heteroatoms. The lowest BCUT2D eigenvalue weighted by Crippen LogP contribution is -2.38. The fourth-order valence-electron chi connectivity index (χ4n) is 2.70. The summed E-state index contributed by atoms with van der Waals surface area (Å²) in [5, 5.41) is 2.80. The molecular formula is C15H18N2O3. The Morgan fingerprint density at radius 3 is 2.80 bits per heavy atom. The lowest BCUT2D eigenvalue weighted by molar-refractivity contribution is -0.122. The minimum absolute atomic E-state index is 0.0219. The molecule has 0 bridgehead atoms.